The zero-order valence-corrected chi connectivity index (χ0v) is 10.3. The van der Waals surface area contributed by atoms with Crippen molar-refractivity contribution in [2.75, 3.05) is 13.1 Å². The topological polar surface area (TPSA) is 69.6 Å². The van der Waals surface area contributed by atoms with E-state index >= 15 is 0 Å². The molecule has 18 heavy (non-hydrogen) atoms. The maximum Gasteiger partial charge on any atom is 0.327 e. The molecule has 0 aromatic carbocycles. The third-order valence-corrected chi connectivity index (χ3v) is 3.93. The summed E-state index contributed by atoms with van der Waals surface area (Å²) in [6, 6.07) is -1.28. The first-order valence-electron chi connectivity index (χ1n) is 6.33. The maximum atomic E-state index is 11.9. The van der Waals surface area contributed by atoms with Gasteiger partial charge in [0.05, 0.1) is 0 Å². The zero-order valence-electron chi connectivity index (χ0n) is 10.3. The highest BCUT2D eigenvalue weighted by Crippen LogP contribution is 2.37. The Morgan fingerprint density at radius 2 is 2.00 bits per heavy atom. The van der Waals surface area contributed by atoms with Crippen LogP contribution in [-0.4, -0.2) is 41.1 Å². The monoisotopic (exact) mass is 250 g/mol. The number of nitrogens with one attached hydrogen (secondary N) is 1. The van der Waals surface area contributed by atoms with E-state index in [1.54, 1.807) is 4.90 Å². The summed E-state index contributed by atoms with van der Waals surface area (Å²) >= 11 is 0. The standard InChI is InChI=1S/C13H18N2O3/c1-2-4-11(12(16)17)14-13(18)15-7-9-5-3-6-10(9)8-15/h1,9-11H,3-8H2,(H,14,18)(H,16,17). The molecule has 2 aliphatic rings. The molecule has 1 aliphatic carbocycles. The second kappa shape index (κ2) is 5.30. The minimum atomic E-state index is -1.08. The molecule has 1 saturated carbocycles. The van der Waals surface area contributed by atoms with Crippen LogP contribution in [-0.2, 0) is 4.79 Å². The molecule has 0 aromatic rings. The average molecular weight is 250 g/mol. The third kappa shape index (κ3) is 2.58. The summed E-state index contributed by atoms with van der Waals surface area (Å²) in [4.78, 5) is 24.6. The molecular formula is C13H18N2O3. The molecule has 2 N–H and O–H groups in total. The van der Waals surface area contributed by atoms with Gasteiger partial charge in [0.25, 0.3) is 0 Å². The number of terminal acetylenes is 1. The van der Waals surface area contributed by atoms with Crippen LogP contribution in [0.4, 0.5) is 4.79 Å². The van der Waals surface area contributed by atoms with Crippen LogP contribution in [0, 0.1) is 24.2 Å². The van der Waals surface area contributed by atoms with E-state index < -0.39 is 12.0 Å². The van der Waals surface area contributed by atoms with E-state index in [0.717, 1.165) is 13.1 Å². The normalized spacial score (nSPS) is 27.4. The van der Waals surface area contributed by atoms with E-state index in [1.165, 1.54) is 19.3 Å². The van der Waals surface area contributed by atoms with Crippen molar-refractivity contribution in [3.8, 4) is 12.3 Å². The molecule has 2 rings (SSSR count). The summed E-state index contributed by atoms with van der Waals surface area (Å²) in [5.74, 6) is 2.39. The average Bonchev–Trinajstić information content (AvgIpc) is 2.87. The maximum absolute atomic E-state index is 11.9. The number of nitrogens with zero attached hydrogens (tertiary/aromatic N) is 1. The van der Waals surface area contributed by atoms with Crippen LogP contribution in [0.5, 0.6) is 0 Å². The number of hydrogen-bond acceptors (Lipinski definition) is 2. The van der Waals surface area contributed by atoms with E-state index in [2.05, 4.69) is 11.2 Å². The number of carbonyl (C=O) groups excluding carboxylic acids is 1. The molecule has 0 bridgehead atoms. The van der Waals surface area contributed by atoms with Crippen LogP contribution >= 0.6 is 0 Å². The van der Waals surface area contributed by atoms with Crippen molar-refractivity contribution in [2.24, 2.45) is 11.8 Å². The fraction of sp³-hybridized carbons (Fsp3) is 0.692. The molecule has 1 aliphatic heterocycles. The molecule has 98 valence electrons. The molecule has 0 aromatic heterocycles. The second-order valence-electron chi connectivity index (χ2n) is 5.10. The van der Waals surface area contributed by atoms with Crippen LogP contribution in [0.1, 0.15) is 25.7 Å². The van der Waals surface area contributed by atoms with Gasteiger partial charge in [-0.05, 0) is 24.7 Å². The van der Waals surface area contributed by atoms with E-state index in [4.69, 9.17) is 11.5 Å². The van der Waals surface area contributed by atoms with Gasteiger partial charge in [0.15, 0.2) is 0 Å². The number of amides is 2. The first-order chi connectivity index (χ1) is 8.61. The van der Waals surface area contributed by atoms with Gasteiger partial charge in [-0.25, -0.2) is 9.59 Å². The van der Waals surface area contributed by atoms with E-state index in [9.17, 15) is 9.59 Å². The highest BCUT2D eigenvalue weighted by Gasteiger charge is 2.38. The molecule has 2 fully saturated rings. The van der Waals surface area contributed by atoms with Crippen molar-refractivity contribution >= 4 is 12.0 Å². The van der Waals surface area contributed by atoms with Crippen molar-refractivity contribution in [1.82, 2.24) is 10.2 Å². The number of aliphatic carboxylic acids is 1. The lowest BCUT2D eigenvalue weighted by Crippen LogP contribution is -2.47. The molecular weight excluding hydrogens is 232 g/mol. The van der Waals surface area contributed by atoms with E-state index in [-0.39, 0.29) is 12.5 Å². The van der Waals surface area contributed by atoms with Crippen LogP contribution in [0.15, 0.2) is 0 Å². The van der Waals surface area contributed by atoms with Crippen LogP contribution in [0.3, 0.4) is 0 Å². The minimum absolute atomic E-state index is 0.0156. The van der Waals surface area contributed by atoms with Crippen molar-refractivity contribution in [3.63, 3.8) is 0 Å². The molecule has 5 heteroatoms. The molecule has 3 atom stereocenters. The van der Waals surface area contributed by atoms with Gasteiger partial charge in [0, 0.05) is 19.5 Å². The van der Waals surface area contributed by atoms with Crippen molar-refractivity contribution in [2.45, 2.75) is 31.7 Å². The van der Waals surface area contributed by atoms with Gasteiger partial charge in [0.2, 0.25) is 0 Å². The van der Waals surface area contributed by atoms with Gasteiger partial charge in [-0.2, -0.15) is 0 Å². The molecule has 0 spiro atoms. The second-order valence-corrected chi connectivity index (χ2v) is 5.10. The predicted molar refractivity (Wildman–Crippen MR) is 65.8 cm³/mol. The molecule has 3 unspecified atom stereocenters. The van der Waals surface area contributed by atoms with Gasteiger partial charge in [-0.3, -0.25) is 0 Å². The minimum Gasteiger partial charge on any atom is -0.480 e. The summed E-state index contributed by atoms with van der Waals surface area (Å²) in [5.41, 5.74) is 0. The third-order valence-electron chi connectivity index (χ3n) is 3.93. The van der Waals surface area contributed by atoms with Gasteiger partial charge in [0.1, 0.15) is 6.04 Å². The predicted octanol–water partition coefficient (Wildman–Crippen LogP) is 0.904. The Hall–Kier alpha value is -1.70. The lowest BCUT2D eigenvalue weighted by atomic mass is 10.0. The lowest BCUT2D eigenvalue weighted by molar-refractivity contribution is -0.139. The fourth-order valence-electron chi connectivity index (χ4n) is 2.96. The number of carboxylic acids is 1. The number of carboxylic acid groups (broad SMARTS) is 1. The van der Waals surface area contributed by atoms with Crippen molar-refractivity contribution < 1.29 is 14.7 Å². The number of urea groups is 1. The molecule has 1 heterocycles. The summed E-state index contributed by atoms with van der Waals surface area (Å²) in [6.07, 6.45) is 8.72. The largest absolute Gasteiger partial charge is 0.480 e. The van der Waals surface area contributed by atoms with Gasteiger partial charge in [-0.15, -0.1) is 12.3 Å². The van der Waals surface area contributed by atoms with Crippen molar-refractivity contribution in [3.05, 3.63) is 0 Å². The molecule has 2 amide bonds. The first-order valence-corrected chi connectivity index (χ1v) is 6.33. The highest BCUT2D eigenvalue weighted by atomic mass is 16.4. The Morgan fingerprint density at radius 3 is 2.50 bits per heavy atom. The number of likely N-dealkylation sites (tertiary alicyclic amines) is 1. The molecule has 0 radical (unpaired) electrons. The zero-order chi connectivity index (χ0) is 13.1. The molecule has 5 nitrogen and oxygen atoms in total. The summed E-state index contributed by atoms with van der Waals surface area (Å²) in [5, 5.41) is 11.4. The Labute approximate surface area is 107 Å². The van der Waals surface area contributed by atoms with Gasteiger partial charge < -0.3 is 15.3 Å². The Balaban J connectivity index is 1.88. The van der Waals surface area contributed by atoms with Gasteiger partial charge in [-0.1, -0.05) is 6.42 Å². The number of hydrogen-bond donors (Lipinski definition) is 2. The smallest absolute Gasteiger partial charge is 0.327 e. The SMILES string of the molecule is C#CCC(NC(=O)N1CC2CCCC2C1)C(=O)O. The summed E-state index contributed by atoms with van der Waals surface area (Å²) in [6.45, 7) is 1.50. The van der Waals surface area contributed by atoms with E-state index in [0.29, 0.717) is 11.8 Å². The Morgan fingerprint density at radius 1 is 1.39 bits per heavy atom. The van der Waals surface area contributed by atoms with Crippen LogP contribution in [0.25, 0.3) is 0 Å². The quantitative estimate of drug-likeness (QED) is 0.731. The number of carbonyl (C=O) groups is 2. The lowest BCUT2D eigenvalue weighted by Gasteiger charge is -2.20. The summed E-state index contributed by atoms with van der Waals surface area (Å²) < 4.78 is 0. The van der Waals surface area contributed by atoms with Gasteiger partial charge >= 0.3 is 12.0 Å². The van der Waals surface area contributed by atoms with Crippen molar-refractivity contribution in [1.29, 1.82) is 0 Å². The Kier molecular flexibility index (Phi) is 3.75. The highest BCUT2D eigenvalue weighted by molar-refractivity contribution is 5.83. The first kappa shape index (κ1) is 12.7. The number of fused-ring (bicyclic) bond motifs is 1. The summed E-state index contributed by atoms with van der Waals surface area (Å²) in [7, 11) is 0. The van der Waals surface area contributed by atoms with Crippen LogP contribution < -0.4 is 5.32 Å². The fourth-order valence-corrected chi connectivity index (χ4v) is 2.96. The van der Waals surface area contributed by atoms with E-state index in [1.807, 2.05) is 0 Å². The molecule has 1 saturated heterocycles. The number of rotatable bonds is 3. The Bertz CT molecular complexity index is 376. The van der Waals surface area contributed by atoms with Crippen LogP contribution in [0.2, 0.25) is 0 Å².